The Hall–Kier alpha value is -0.470. The lowest BCUT2D eigenvalue weighted by Gasteiger charge is -2.37. The first kappa shape index (κ1) is 16.9. The summed E-state index contributed by atoms with van der Waals surface area (Å²) in [6.45, 7) is 4.39. The molecule has 7 heteroatoms. The summed E-state index contributed by atoms with van der Waals surface area (Å²) in [5.41, 5.74) is 0.575. The third-order valence-corrected chi connectivity index (χ3v) is 6.57. The smallest absolute Gasteiger partial charge is 0.244 e. The summed E-state index contributed by atoms with van der Waals surface area (Å²) in [7, 11) is -3.62. The molecule has 1 saturated heterocycles. The summed E-state index contributed by atoms with van der Waals surface area (Å²) < 4.78 is 33.5. The number of morpholine rings is 1. The van der Waals surface area contributed by atoms with Crippen molar-refractivity contribution >= 4 is 26.0 Å². The first-order valence-corrected chi connectivity index (χ1v) is 9.16. The van der Waals surface area contributed by atoms with Crippen molar-refractivity contribution in [3.8, 4) is 0 Å². The Labute approximate surface area is 134 Å². The van der Waals surface area contributed by atoms with E-state index in [9.17, 15) is 13.5 Å². The van der Waals surface area contributed by atoms with Crippen molar-refractivity contribution in [2.75, 3.05) is 13.2 Å². The zero-order valence-corrected chi connectivity index (χ0v) is 14.5. The Balaban J connectivity index is 2.44. The van der Waals surface area contributed by atoms with Crippen LogP contribution in [0.3, 0.4) is 0 Å². The van der Waals surface area contributed by atoms with Gasteiger partial charge in [-0.05, 0) is 47.0 Å². The zero-order valence-electron chi connectivity index (χ0n) is 12.1. The van der Waals surface area contributed by atoms with Gasteiger partial charge in [0.1, 0.15) is 0 Å². The molecule has 2 unspecified atom stereocenters. The SMILES string of the molecule is CCC1COC(C)CN1S(=O)(=O)c1cc(CO)ccc1Br. The molecule has 0 radical (unpaired) electrons. The minimum Gasteiger partial charge on any atom is -0.392 e. The number of ether oxygens (including phenoxy) is 1. The molecule has 0 bridgehead atoms. The number of aliphatic hydroxyl groups excluding tert-OH is 1. The number of benzene rings is 1. The van der Waals surface area contributed by atoms with E-state index >= 15 is 0 Å². The van der Waals surface area contributed by atoms with Crippen LogP contribution in [0.2, 0.25) is 0 Å². The molecule has 1 N–H and O–H groups in total. The van der Waals surface area contributed by atoms with Crippen LogP contribution in [0.4, 0.5) is 0 Å². The van der Waals surface area contributed by atoms with E-state index in [1.54, 1.807) is 12.1 Å². The van der Waals surface area contributed by atoms with E-state index in [4.69, 9.17) is 4.74 Å². The number of aliphatic hydroxyl groups is 1. The highest BCUT2D eigenvalue weighted by atomic mass is 79.9. The zero-order chi connectivity index (χ0) is 15.6. The summed E-state index contributed by atoms with van der Waals surface area (Å²) >= 11 is 3.30. The van der Waals surface area contributed by atoms with Gasteiger partial charge in [0.15, 0.2) is 0 Å². The average molecular weight is 378 g/mol. The Morgan fingerprint density at radius 1 is 1.48 bits per heavy atom. The maximum Gasteiger partial charge on any atom is 0.244 e. The van der Waals surface area contributed by atoms with E-state index in [0.29, 0.717) is 29.6 Å². The topological polar surface area (TPSA) is 66.8 Å². The predicted octanol–water partition coefficient (Wildman–Crippen LogP) is 2.13. The van der Waals surface area contributed by atoms with E-state index in [2.05, 4.69) is 15.9 Å². The molecule has 1 aliphatic rings. The number of sulfonamides is 1. The number of hydrogen-bond donors (Lipinski definition) is 1. The quantitative estimate of drug-likeness (QED) is 0.872. The molecule has 2 atom stereocenters. The monoisotopic (exact) mass is 377 g/mol. The molecule has 0 saturated carbocycles. The molecular weight excluding hydrogens is 358 g/mol. The van der Waals surface area contributed by atoms with Crippen molar-refractivity contribution < 1.29 is 18.3 Å². The van der Waals surface area contributed by atoms with Crippen LogP contribution in [0.5, 0.6) is 0 Å². The lowest BCUT2D eigenvalue weighted by atomic mass is 10.2. The van der Waals surface area contributed by atoms with Gasteiger partial charge in [-0.2, -0.15) is 4.31 Å². The minimum absolute atomic E-state index is 0.123. The van der Waals surface area contributed by atoms with Gasteiger partial charge in [-0.1, -0.05) is 13.0 Å². The number of hydrogen-bond acceptors (Lipinski definition) is 4. The second kappa shape index (κ2) is 6.75. The second-order valence-corrected chi connectivity index (χ2v) is 7.92. The Morgan fingerprint density at radius 3 is 2.81 bits per heavy atom. The van der Waals surface area contributed by atoms with Crippen molar-refractivity contribution in [2.45, 2.75) is 43.9 Å². The molecule has 1 aromatic carbocycles. The van der Waals surface area contributed by atoms with Crippen molar-refractivity contribution in [3.05, 3.63) is 28.2 Å². The van der Waals surface area contributed by atoms with Crippen molar-refractivity contribution in [3.63, 3.8) is 0 Å². The lowest BCUT2D eigenvalue weighted by molar-refractivity contribution is -0.0230. The van der Waals surface area contributed by atoms with Gasteiger partial charge < -0.3 is 9.84 Å². The highest BCUT2D eigenvalue weighted by molar-refractivity contribution is 9.10. The van der Waals surface area contributed by atoms with Gasteiger partial charge in [-0.25, -0.2) is 8.42 Å². The van der Waals surface area contributed by atoms with Crippen molar-refractivity contribution in [1.82, 2.24) is 4.31 Å². The molecule has 0 amide bonds. The van der Waals surface area contributed by atoms with E-state index in [0.717, 1.165) is 0 Å². The summed E-state index contributed by atoms with van der Waals surface area (Å²) in [5.74, 6) is 0. The van der Waals surface area contributed by atoms with Crippen LogP contribution in [-0.2, 0) is 21.4 Å². The summed E-state index contributed by atoms with van der Waals surface area (Å²) in [6, 6.07) is 4.72. The van der Waals surface area contributed by atoms with Crippen LogP contribution in [0, 0.1) is 0 Å². The van der Waals surface area contributed by atoms with E-state index < -0.39 is 10.0 Å². The van der Waals surface area contributed by atoms with Crippen LogP contribution >= 0.6 is 15.9 Å². The largest absolute Gasteiger partial charge is 0.392 e. The van der Waals surface area contributed by atoms with Crippen LogP contribution in [-0.4, -0.2) is 43.1 Å². The summed E-state index contributed by atoms with van der Waals surface area (Å²) in [5, 5.41) is 9.23. The maximum atomic E-state index is 12.9. The number of nitrogens with zero attached hydrogens (tertiary/aromatic N) is 1. The number of halogens is 1. The third-order valence-electron chi connectivity index (χ3n) is 3.65. The van der Waals surface area contributed by atoms with Gasteiger partial charge in [0, 0.05) is 17.1 Å². The fourth-order valence-corrected chi connectivity index (χ4v) is 5.14. The van der Waals surface area contributed by atoms with Crippen molar-refractivity contribution in [1.29, 1.82) is 0 Å². The van der Waals surface area contributed by atoms with Crippen LogP contribution < -0.4 is 0 Å². The van der Waals surface area contributed by atoms with Crippen LogP contribution in [0.25, 0.3) is 0 Å². The fraction of sp³-hybridized carbons (Fsp3) is 0.571. The highest BCUT2D eigenvalue weighted by Gasteiger charge is 2.36. The Morgan fingerprint density at radius 2 is 2.19 bits per heavy atom. The lowest BCUT2D eigenvalue weighted by Crippen LogP contribution is -2.51. The molecule has 2 rings (SSSR count). The van der Waals surface area contributed by atoms with Gasteiger partial charge in [-0.3, -0.25) is 0 Å². The molecule has 1 aliphatic heterocycles. The van der Waals surface area contributed by atoms with E-state index in [-0.39, 0.29) is 23.6 Å². The van der Waals surface area contributed by atoms with Gasteiger partial charge in [0.05, 0.1) is 24.2 Å². The molecule has 1 aromatic rings. The Bertz CT molecular complexity index is 605. The average Bonchev–Trinajstić information content (AvgIpc) is 2.47. The van der Waals surface area contributed by atoms with Gasteiger partial charge in [0.25, 0.3) is 0 Å². The third kappa shape index (κ3) is 3.48. The molecule has 1 heterocycles. The molecular formula is C14H20BrNO4S. The molecule has 0 aromatic heterocycles. The van der Waals surface area contributed by atoms with Crippen LogP contribution in [0.15, 0.2) is 27.6 Å². The van der Waals surface area contributed by atoms with Gasteiger partial charge in [-0.15, -0.1) is 0 Å². The van der Waals surface area contributed by atoms with Gasteiger partial charge >= 0.3 is 0 Å². The molecule has 21 heavy (non-hydrogen) atoms. The van der Waals surface area contributed by atoms with E-state index in [1.807, 2.05) is 13.8 Å². The standard InChI is InChI=1S/C14H20BrNO4S/c1-3-12-9-20-10(2)7-16(12)21(18,19)14-6-11(8-17)4-5-13(14)15/h4-6,10,12,17H,3,7-9H2,1-2H3. The fourth-order valence-electron chi connectivity index (χ4n) is 2.40. The maximum absolute atomic E-state index is 12.9. The molecule has 5 nitrogen and oxygen atoms in total. The van der Waals surface area contributed by atoms with Crippen molar-refractivity contribution in [2.24, 2.45) is 0 Å². The first-order chi connectivity index (χ1) is 9.90. The first-order valence-electron chi connectivity index (χ1n) is 6.92. The van der Waals surface area contributed by atoms with Crippen LogP contribution in [0.1, 0.15) is 25.8 Å². The predicted molar refractivity (Wildman–Crippen MR) is 83.4 cm³/mol. The van der Waals surface area contributed by atoms with Gasteiger partial charge in [0.2, 0.25) is 10.0 Å². The molecule has 1 fully saturated rings. The van der Waals surface area contributed by atoms with E-state index in [1.165, 1.54) is 10.4 Å². The summed E-state index contributed by atoms with van der Waals surface area (Å²) in [6.07, 6.45) is 0.575. The summed E-state index contributed by atoms with van der Waals surface area (Å²) in [4.78, 5) is 0.196. The normalized spacial score (nSPS) is 24.2. The molecule has 0 aliphatic carbocycles. The molecule has 0 spiro atoms. The minimum atomic E-state index is -3.62. The highest BCUT2D eigenvalue weighted by Crippen LogP contribution is 2.30. The number of rotatable bonds is 4. The molecule has 118 valence electrons. The second-order valence-electron chi connectivity index (χ2n) is 5.20. The Kier molecular flexibility index (Phi) is 5.43.